The number of amides is 1. The molecule has 0 atom stereocenters. The van der Waals surface area contributed by atoms with Gasteiger partial charge in [-0.15, -0.1) is 11.3 Å². The minimum atomic E-state index is -0.110. The van der Waals surface area contributed by atoms with E-state index in [0.29, 0.717) is 5.13 Å². The second kappa shape index (κ2) is 7.46. The SMILES string of the molecule is CCc1ccsc1C(=O)Nc1nc(-c2ccccc2)c(-c2nccn2C)s1. The zero-order valence-electron chi connectivity index (χ0n) is 15.0. The van der Waals surface area contributed by atoms with E-state index in [1.165, 1.54) is 22.7 Å². The van der Waals surface area contributed by atoms with Crippen molar-refractivity contribution in [2.75, 3.05) is 5.32 Å². The molecule has 0 bridgehead atoms. The minimum Gasteiger partial charge on any atom is -0.333 e. The van der Waals surface area contributed by atoms with E-state index in [1.54, 1.807) is 6.20 Å². The predicted octanol–water partition coefficient (Wildman–Crippen LogP) is 5.09. The highest BCUT2D eigenvalue weighted by molar-refractivity contribution is 7.19. The van der Waals surface area contributed by atoms with Gasteiger partial charge in [0.2, 0.25) is 0 Å². The molecule has 0 spiro atoms. The number of rotatable bonds is 5. The highest BCUT2D eigenvalue weighted by atomic mass is 32.1. The number of thiazole rings is 1. The zero-order valence-corrected chi connectivity index (χ0v) is 16.6. The lowest BCUT2D eigenvalue weighted by Gasteiger charge is -2.02. The summed E-state index contributed by atoms with van der Waals surface area (Å²) in [6, 6.07) is 12.0. The summed E-state index contributed by atoms with van der Waals surface area (Å²) in [5.41, 5.74) is 2.88. The van der Waals surface area contributed by atoms with Crippen LogP contribution in [0.2, 0.25) is 0 Å². The fourth-order valence-corrected chi connectivity index (χ4v) is 4.78. The summed E-state index contributed by atoms with van der Waals surface area (Å²) in [6.45, 7) is 2.05. The van der Waals surface area contributed by atoms with Gasteiger partial charge < -0.3 is 4.57 Å². The van der Waals surface area contributed by atoms with E-state index in [1.807, 2.05) is 59.6 Å². The Balaban J connectivity index is 1.74. The van der Waals surface area contributed by atoms with Crippen molar-refractivity contribution in [3.8, 4) is 22.0 Å². The molecule has 1 N–H and O–H groups in total. The van der Waals surface area contributed by atoms with Gasteiger partial charge in [0.25, 0.3) is 5.91 Å². The number of hydrogen-bond acceptors (Lipinski definition) is 5. The summed E-state index contributed by atoms with van der Waals surface area (Å²) in [7, 11) is 1.95. The van der Waals surface area contributed by atoms with E-state index in [2.05, 4.69) is 17.2 Å². The molecular weight excluding hydrogens is 376 g/mol. The number of benzene rings is 1. The molecule has 7 heteroatoms. The Kier molecular flexibility index (Phi) is 4.87. The first kappa shape index (κ1) is 17.6. The largest absolute Gasteiger partial charge is 0.333 e. The number of anilines is 1. The molecule has 3 heterocycles. The van der Waals surface area contributed by atoms with E-state index >= 15 is 0 Å². The number of aromatic nitrogens is 3. The molecule has 4 rings (SSSR count). The molecule has 4 aromatic rings. The van der Waals surface area contributed by atoms with Gasteiger partial charge in [-0.3, -0.25) is 10.1 Å². The molecule has 0 aliphatic heterocycles. The first-order valence-electron chi connectivity index (χ1n) is 8.59. The third-order valence-electron chi connectivity index (χ3n) is 4.25. The Hall–Kier alpha value is -2.77. The maximum Gasteiger partial charge on any atom is 0.267 e. The second-order valence-corrected chi connectivity index (χ2v) is 7.92. The van der Waals surface area contributed by atoms with Gasteiger partial charge >= 0.3 is 0 Å². The molecule has 27 heavy (non-hydrogen) atoms. The van der Waals surface area contributed by atoms with Crippen molar-refractivity contribution in [3.05, 3.63) is 64.6 Å². The lowest BCUT2D eigenvalue weighted by Crippen LogP contribution is -2.11. The third-order valence-corrected chi connectivity index (χ3v) is 6.18. The third kappa shape index (κ3) is 3.43. The molecule has 5 nitrogen and oxygen atoms in total. The molecule has 0 aliphatic carbocycles. The van der Waals surface area contributed by atoms with Crippen molar-refractivity contribution in [3.63, 3.8) is 0 Å². The van der Waals surface area contributed by atoms with Gasteiger partial charge in [0.1, 0.15) is 0 Å². The Labute approximate surface area is 165 Å². The zero-order chi connectivity index (χ0) is 18.8. The van der Waals surface area contributed by atoms with Crippen LogP contribution in [0.1, 0.15) is 22.2 Å². The van der Waals surface area contributed by atoms with Gasteiger partial charge in [0.15, 0.2) is 11.0 Å². The highest BCUT2D eigenvalue weighted by Gasteiger charge is 2.20. The lowest BCUT2D eigenvalue weighted by molar-refractivity contribution is 0.103. The summed E-state index contributed by atoms with van der Waals surface area (Å²) in [6.07, 6.45) is 4.50. The van der Waals surface area contributed by atoms with Crippen LogP contribution in [0.5, 0.6) is 0 Å². The Bertz CT molecular complexity index is 1080. The van der Waals surface area contributed by atoms with Crippen LogP contribution in [0.25, 0.3) is 22.0 Å². The van der Waals surface area contributed by atoms with E-state index in [4.69, 9.17) is 4.98 Å². The number of carbonyl (C=O) groups is 1. The normalized spacial score (nSPS) is 10.9. The van der Waals surface area contributed by atoms with Crippen LogP contribution in [0.15, 0.2) is 54.2 Å². The lowest BCUT2D eigenvalue weighted by atomic mass is 10.1. The Morgan fingerprint density at radius 3 is 2.74 bits per heavy atom. The number of nitrogens with one attached hydrogen (secondary N) is 1. The molecule has 0 aliphatic rings. The summed E-state index contributed by atoms with van der Waals surface area (Å²) in [5, 5.41) is 5.50. The number of carbonyl (C=O) groups excluding carboxylic acids is 1. The molecule has 1 aromatic carbocycles. The maximum absolute atomic E-state index is 12.7. The fourth-order valence-electron chi connectivity index (χ4n) is 2.87. The van der Waals surface area contributed by atoms with E-state index in [0.717, 1.165) is 38.8 Å². The summed E-state index contributed by atoms with van der Waals surface area (Å²) < 4.78 is 1.96. The molecule has 0 fully saturated rings. The summed E-state index contributed by atoms with van der Waals surface area (Å²) in [5.74, 6) is 0.721. The molecule has 3 aromatic heterocycles. The molecule has 1 amide bonds. The van der Waals surface area contributed by atoms with E-state index in [9.17, 15) is 4.79 Å². The first-order valence-corrected chi connectivity index (χ1v) is 10.3. The molecule has 136 valence electrons. The van der Waals surface area contributed by atoms with Crippen molar-refractivity contribution in [1.82, 2.24) is 14.5 Å². The van der Waals surface area contributed by atoms with Gasteiger partial charge in [-0.1, -0.05) is 48.6 Å². The average molecular weight is 395 g/mol. The van der Waals surface area contributed by atoms with Crippen molar-refractivity contribution in [1.29, 1.82) is 0 Å². The van der Waals surface area contributed by atoms with Crippen LogP contribution in [-0.4, -0.2) is 20.4 Å². The van der Waals surface area contributed by atoms with Gasteiger partial charge in [-0.2, -0.15) is 0 Å². The van der Waals surface area contributed by atoms with Crippen LogP contribution in [0.3, 0.4) is 0 Å². The number of aryl methyl sites for hydroxylation is 2. The predicted molar refractivity (Wildman–Crippen MR) is 111 cm³/mol. The molecule has 0 unspecified atom stereocenters. The van der Waals surface area contributed by atoms with E-state index in [-0.39, 0.29) is 5.91 Å². The number of nitrogens with zero attached hydrogens (tertiary/aromatic N) is 3. The summed E-state index contributed by atoms with van der Waals surface area (Å²) >= 11 is 2.90. The van der Waals surface area contributed by atoms with Crippen molar-refractivity contribution in [2.45, 2.75) is 13.3 Å². The standard InChI is InChI=1S/C20H18N4OS2/c1-3-13-9-12-26-16(13)19(25)23-20-22-15(14-7-5-4-6-8-14)17(27-20)18-21-10-11-24(18)2/h4-12H,3H2,1-2H3,(H,22,23,25). The number of hydrogen-bond donors (Lipinski definition) is 1. The number of thiophene rings is 1. The van der Waals surface area contributed by atoms with Gasteiger partial charge in [-0.25, -0.2) is 9.97 Å². The fraction of sp³-hybridized carbons (Fsp3) is 0.150. The van der Waals surface area contributed by atoms with Crippen molar-refractivity contribution >= 4 is 33.7 Å². The van der Waals surface area contributed by atoms with Crippen LogP contribution >= 0.6 is 22.7 Å². The minimum absolute atomic E-state index is 0.110. The number of imidazole rings is 1. The van der Waals surface area contributed by atoms with Crippen molar-refractivity contribution in [2.24, 2.45) is 7.05 Å². The Morgan fingerprint density at radius 2 is 2.04 bits per heavy atom. The maximum atomic E-state index is 12.7. The Morgan fingerprint density at radius 1 is 1.22 bits per heavy atom. The average Bonchev–Trinajstić information content (AvgIpc) is 3.41. The second-order valence-electron chi connectivity index (χ2n) is 6.01. The molecular formula is C20H18N4OS2. The first-order chi connectivity index (χ1) is 13.2. The molecule has 0 radical (unpaired) electrons. The summed E-state index contributed by atoms with van der Waals surface area (Å²) in [4.78, 5) is 23.6. The smallest absolute Gasteiger partial charge is 0.267 e. The topological polar surface area (TPSA) is 59.8 Å². The van der Waals surface area contributed by atoms with Crippen molar-refractivity contribution < 1.29 is 4.79 Å². The van der Waals surface area contributed by atoms with Gasteiger partial charge in [-0.05, 0) is 23.4 Å². The highest BCUT2D eigenvalue weighted by Crippen LogP contribution is 2.38. The quantitative estimate of drug-likeness (QED) is 0.513. The van der Waals surface area contributed by atoms with Crippen LogP contribution in [-0.2, 0) is 13.5 Å². The van der Waals surface area contributed by atoms with Crippen LogP contribution < -0.4 is 5.32 Å². The van der Waals surface area contributed by atoms with Gasteiger partial charge in [0.05, 0.1) is 15.4 Å². The molecule has 0 saturated carbocycles. The van der Waals surface area contributed by atoms with Crippen LogP contribution in [0.4, 0.5) is 5.13 Å². The molecule has 0 saturated heterocycles. The monoisotopic (exact) mass is 394 g/mol. The van der Waals surface area contributed by atoms with E-state index < -0.39 is 0 Å². The van der Waals surface area contributed by atoms with Gasteiger partial charge in [0, 0.05) is 25.0 Å². The van der Waals surface area contributed by atoms with Crippen LogP contribution in [0, 0.1) is 0 Å².